The molecule has 2 aromatic carbocycles. The summed E-state index contributed by atoms with van der Waals surface area (Å²) in [7, 11) is -2.18. The number of nitrogens with zero attached hydrogens (tertiary/aromatic N) is 1. The van der Waals surface area contributed by atoms with Crippen molar-refractivity contribution < 1.29 is 17.9 Å². The SMILES string of the molecule is COc1ccc(S(=O)(=O)Nc2cccc(N3CCCC3=O)c2)cc1. The zero-order valence-corrected chi connectivity index (χ0v) is 14.0. The number of nitrogens with one attached hydrogen (secondary N) is 1. The van der Waals surface area contributed by atoms with Crippen LogP contribution in [-0.2, 0) is 14.8 Å². The molecule has 0 bridgehead atoms. The van der Waals surface area contributed by atoms with Crippen LogP contribution in [0.25, 0.3) is 0 Å². The second-order valence-corrected chi connectivity index (χ2v) is 7.16. The Morgan fingerprint density at radius 1 is 1.12 bits per heavy atom. The van der Waals surface area contributed by atoms with E-state index in [0.29, 0.717) is 30.1 Å². The lowest BCUT2D eigenvalue weighted by Gasteiger charge is -2.17. The first kappa shape index (κ1) is 16.3. The Labute approximate surface area is 141 Å². The van der Waals surface area contributed by atoms with Crippen molar-refractivity contribution in [3.05, 3.63) is 48.5 Å². The predicted octanol–water partition coefficient (Wildman–Crippen LogP) is 2.62. The van der Waals surface area contributed by atoms with Crippen LogP contribution < -0.4 is 14.4 Å². The number of rotatable bonds is 5. The molecule has 7 heteroatoms. The highest BCUT2D eigenvalue weighted by Crippen LogP contribution is 2.26. The molecular weight excluding hydrogens is 328 g/mol. The lowest BCUT2D eigenvalue weighted by atomic mass is 10.2. The summed E-state index contributed by atoms with van der Waals surface area (Å²) in [5, 5.41) is 0. The molecule has 0 spiro atoms. The number of methoxy groups -OCH3 is 1. The maximum Gasteiger partial charge on any atom is 0.261 e. The van der Waals surface area contributed by atoms with Gasteiger partial charge in [0, 0.05) is 18.7 Å². The Kier molecular flexibility index (Phi) is 4.44. The molecule has 0 atom stereocenters. The molecule has 0 unspecified atom stereocenters. The minimum atomic E-state index is -3.70. The van der Waals surface area contributed by atoms with Crippen molar-refractivity contribution >= 4 is 27.3 Å². The Bertz CT molecular complexity index is 847. The molecule has 1 aliphatic heterocycles. The van der Waals surface area contributed by atoms with Gasteiger partial charge in [-0.05, 0) is 48.9 Å². The number of hydrogen-bond donors (Lipinski definition) is 1. The van der Waals surface area contributed by atoms with E-state index in [1.165, 1.54) is 19.2 Å². The summed E-state index contributed by atoms with van der Waals surface area (Å²) in [6.45, 7) is 0.660. The van der Waals surface area contributed by atoms with E-state index in [9.17, 15) is 13.2 Å². The van der Waals surface area contributed by atoms with Gasteiger partial charge < -0.3 is 9.64 Å². The first-order chi connectivity index (χ1) is 11.5. The van der Waals surface area contributed by atoms with E-state index in [4.69, 9.17) is 4.74 Å². The lowest BCUT2D eigenvalue weighted by Crippen LogP contribution is -2.23. The Morgan fingerprint density at radius 3 is 2.50 bits per heavy atom. The fraction of sp³-hybridized carbons (Fsp3) is 0.235. The Hall–Kier alpha value is -2.54. The van der Waals surface area contributed by atoms with Crippen molar-refractivity contribution in [3.8, 4) is 5.75 Å². The van der Waals surface area contributed by atoms with Crippen LogP contribution in [0.1, 0.15) is 12.8 Å². The molecule has 0 saturated carbocycles. The van der Waals surface area contributed by atoms with Gasteiger partial charge in [-0.25, -0.2) is 8.42 Å². The molecule has 1 N–H and O–H groups in total. The third kappa shape index (κ3) is 3.35. The molecule has 1 aliphatic rings. The summed E-state index contributed by atoms with van der Waals surface area (Å²) >= 11 is 0. The number of ether oxygens (including phenoxy) is 1. The number of carbonyl (C=O) groups is 1. The van der Waals surface area contributed by atoms with E-state index in [1.807, 2.05) is 0 Å². The maximum absolute atomic E-state index is 12.5. The second kappa shape index (κ2) is 6.52. The molecular formula is C17H18N2O4S. The quantitative estimate of drug-likeness (QED) is 0.903. The summed E-state index contributed by atoms with van der Waals surface area (Å²) < 4.78 is 32.5. The van der Waals surface area contributed by atoms with Gasteiger partial charge in [0.25, 0.3) is 10.0 Å². The van der Waals surface area contributed by atoms with Crippen LogP contribution in [0.4, 0.5) is 11.4 Å². The van der Waals surface area contributed by atoms with Crippen LogP contribution in [0.15, 0.2) is 53.4 Å². The zero-order valence-electron chi connectivity index (χ0n) is 13.2. The first-order valence-corrected chi connectivity index (χ1v) is 9.05. The molecule has 0 aromatic heterocycles. The first-order valence-electron chi connectivity index (χ1n) is 7.57. The van der Waals surface area contributed by atoms with E-state index in [0.717, 1.165) is 6.42 Å². The highest BCUT2D eigenvalue weighted by Gasteiger charge is 2.22. The van der Waals surface area contributed by atoms with Gasteiger partial charge >= 0.3 is 0 Å². The fourth-order valence-electron chi connectivity index (χ4n) is 2.63. The molecule has 24 heavy (non-hydrogen) atoms. The van der Waals surface area contributed by atoms with Crippen molar-refractivity contribution in [2.75, 3.05) is 23.3 Å². The van der Waals surface area contributed by atoms with Gasteiger partial charge in [-0.15, -0.1) is 0 Å². The monoisotopic (exact) mass is 346 g/mol. The number of benzene rings is 2. The van der Waals surface area contributed by atoms with Gasteiger partial charge in [0.2, 0.25) is 5.91 Å². The lowest BCUT2D eigenvalue weighted by molar-refractivity contribution is -0.117. The minimum Gasteiger partial charge on any atom is -0.497 e. The Morgan fingerprint density at radius 2 is 1.88 bits per heavy atom. The van der Waals surface area contributed by atoms with Crippen LogP contribution in [0.2, 0.25) is 0 Å². The van der Waals surface area contributed by atoms with Crippen LogP contribution in [0.3, 0.4) is 0 Å². The Balaban J connectivity index is 1.83. The molecule has 1 amide bonds. The number of amides is 1. The zero-order chi connectivity index (χ0) is 17.2. The minimum absolute atomic E-state index is 0.0603. The summed E-state index contributed by atoms with van der Waals surface area (Å²) in [6.07, 6.45) is 1.35. The number of anilines is 2. The molecule has 126 valence electrons. The summed E-state index contributed by atoms with van der Waals surface area (Å²) in [5.41, 5.74) is 1.12. The van der Waals surface area contributed by atoms with E-state index in [2.05, 4.69) is 4.72 Å². The molecule has 0 aliphatic carbocycles. The normalized spacial score (nSPS) is 14.7. The third-order valence-corrected chi connectivity index (χ3v) is 5.25. The van der Waals surface area contributed by atoms with Crippen molar-refractivity contribution in [2.24, 2.45) is 0 Å². The average Bonchev–Trinajstić information content (AvgIpc) is 3.01. The largest absolute Gasteiger partial charge is 0.497 e. The van der Waals surface area contributed by atoms with E-state index >= 15 is 0 Å². The van der Waals surface area contributed by atoms with Gasteiger partial charge in [0.1, 0.15) is 5.75 Å². The van der Waals surface area contributed by atoms with Gasteiger partial charge in [0.15, 0.2) is 0 Å². The molecule has 1 fully saturated rings. The van der Waals surface area contributed by atoms with Crippen molar-refractivity contribution in [1.29, 1.82) is 0 Å². The highest BCUT2D eigenvalue weighted by molar-refractivity contribution is 7.92. The standard InChI is InChI=1S/C17H18N2O4S/c1-23-15-7-9-16(10-8-15)24(21,22)18-13-4-2-5-14(12-13)19-11-3-6-17(19)20/h2,4-5,7-10,12,18H,3,6,11H2,1H3. The van der Waals surface area contributed by atoms with Gasteiger partial charge in [-0.1, -0.05) is 6.07 Å². The smallest absolute Gasteiger partial charge is 0.261 e. The molecule has 1 saturated heterocycles. The topological polar surface area (TPSA) is 75.7 Å². The van der Waals surface area contributed by atoms with E-state index in [1.54, 1.807) is 41.3 Å². The van der Waals surface area contributed by atoms with E-state index in [-0.39, 0.29) is 10.8 Å². The summed E-state index contributed by atoms with van der Waals surface area (Å²) in [6, 6.07) is 13.0. The fourth-order valence-corrected chi connectivity index (χ4v) is 3.68. The van der Waals surface area contributed by atoms with Crippen LogP contribution in [0, 0.1) is 0 Å². The third-order valence-electron chi connectivity index (χ3n) is 3.85. The summed E-state index contributed by atoms with van der Waals surface area (Å²) in [4.78, 5) is 13.6. The highest BCUT2D eigenvalue weighted by atomic mass is 32.2. The second-order valence-electron chi connectivity index (χ2n) is 5.48. The van der Waals surface area contributed by atoms with Crippen molar-refractivity contribution in [1.82, 2.24) is 0 Å². The maximum atomic E-state index is 12.5. The van der Waals surface area contributed by atoms with Crippen LogP contribution in [-0.4, -0.2) is 28.0 Å². The summed E-state index contributed by atoms with van der Waals surface area (Å²) in [5.74, 6) is 0.647. The molecule has 3 rings (SSSR count). The van der Waals surface area contributed by atoms with Crippen LogP contribution >= 0.6 is 0 Å². The van der Waals surface area contributed by atoms with Crippen molar-refractivity contribution in [3.63, 3.8) is 0 Å². The average molecular weight is 346 g/mol. The van der Waals surface area contributed by atoms with E-state index < -0.39 is 10.0 Å². The molecule has 6 nitrogen and oxygen atoms in total. The molecule has 2 aromatic rings. The number of sulfonamides is 1. The predicted molar refractivity (Wildman–Crippen MR) is 91.8 cm³/mol. The van der Waals surface area contributed by atoms with Gasteiger partial charge in [0.05, 0.1) is 17.7 Å². The van der Waals surface area contributed by atoms with Crippen LogP contribution in [0.5, 0.6) is 5.75 Å². The van der Waals surface area contributed by atoms with Gasteiger partial charge in [-0.3, -0.25) is 9.52 Å². The van der Waals surface area contributed by atoms with Gasteiger partial charge in [-0.2, -0.15) is 0 Å². The molecule has 0 radical (unpaired) electrons. The number of hydrogen-bond acceptors (Lipinski definition) is 4. The van der Waals surface area contributed by atoms with Crippen molar-refractivity contribution in [2.45, 2.75) is 17.7 Å². The molecule has 1 heterocycles. The number of carbonyl (C=O) groups excluding carboxylic acids is 1.